The van der Waals surface area contributed by atoms with Gasteiger partial charge in [0.25, 0.3) is 5.91 Å². The molecule has 0 aromatic heterocycles. The molecule has 0 atom stereocenters. The van der Waals surface area contributed by atoms with Crippen molar-refractivity contribution in [3.8, 4) is 5.75 Å². The van der Waals surface area contributed by atoms with Crippen molar-refractivity contribution in [1.29, 1.82) is 0 Å². The molecule has 1 aliphatic heterocycles. The molecule has 1 aliphatic rings. The molecular weight excluding hydrogens is 446 g/mol. The van der Waals surface area contributed by atoms with Crippen LogP contribution in [0.3, 0.4) is 0 Å². The first kappa shape index (κ1) is 23.6. The topological polar surface area (TPSA) is 102 Å². The van der Waals surface area contributed by atoms with Crippen molar-refractivity contribution < 1.29 is 36.3 Å². The molecule has 3 rings (SSSR count). The number of carbonyl (C=O) groups excluding carboxylic acids is 2. The van der Waals surface area contributed by atoms with E-state index in [0.717, 1.165) is 19.3 Å². The van der Waals surface area contributed by atoms with Crippen LogP contribution in [0.25, 0.3) is 0 Å². The van der Waals surface area contributed by atoms with Crippen LogP contribution in [-0.2, 0) is 19.6 Å². The Morgan fingerprint density at radius 1 is 1.03 bits per heavy atom. The summed E-state index contributed by atoms with van der Waals surface area (Å²) in [5.41, 5.74) is 0.298. The zero-order valence-corrected chi connectivity index (χ0v) is 17.8. The van der Waals surface area contributed by atoms with Gasteiger partial charge in [-0.2, -0.15) is 13.1 Å². The van der Waals surface area contributed by atoms with Crippen LogP contribution < -0.4 is 10.1 Å². The molecule has 32 heavy (non-hydrogen) atoms. The summed E-state index contributed by atoms with van der Waals surface area (Å²) in [7, 11) is -3.65. The van der Waals surface area contributed by atoms with Crippen LogP contribution in [0.5, 0.6) is 5.75 Å². The van der Waals surface area contributed by atoms with Crippen molar-refractivity contribution in [1.82, 2.24) is 4.31 Å². The maximum absolute atomic E-state index is 12.8. The van der Waals surface area contributed by atoms with Gasteiger partial charge in [0.2, 0.25) is 10.0 Å². The standard InChI is InChI=1S/C21H22F2N2O6S/c22-21(23)31-17-9-7-15(8-10-17)20(27)30-14-19(26)24-16-5-4-6-18(13-16)32(28,29)25-11-2-1-3-12-25/h4-10,13,21H,1-3,11-12,14H2,(H,24,26). The molecule has 1 heterocycles. The number of nitrogens with zero attached hydrogens (tertiary/aromatic N) is 1. The summed E-state index contributed by atoms with van der Waals surface area (Å²) in [5, 5.41) is 2.49. The number of nitrogens with one attached hydrogen (secondary N) is 1. The van der Waals surface area contributed by atoms with E-state index in [1.807, 2.05) is 0 Å². The van der Waals surface area contributed by atoms with Gasteiger partial charge in [-0.05, 0) is 55.3 Å². The molecule has 2 aromatic carbocycles. The SMILES string of the molecule is O=C(COC(=O)c1ccc(OC(F)F)cc1)Nc1cccc(S(=O)(=O)N2CCCCC2)c1. The van der Waals surface area contributed by atoms with Crippen LogP contribution in [0, 0.1) is 0 Å². The molecule has 1 saturated heterocycles. The Kier molecular flexibility index (Phi) is 7.75. The van der Waals surface area contributed by atoms with Crippen molar-refractivity contribution in [3.63, 3.8) is 0 Å². The molecular formula is C21H22F2N2O6S. The predicted octanol–water partition coefficient (Wildman–Crippen LogP) is 3.26. The normalized spacial score (nSPS) is 14.7. The second kappa shape index (κ2) is 10.5. The number of piperidine rings is 1. The zero-order chi connectivity index (χ0) is 23.1. The first-order chi connectivity index (χ1) is 15.3. The van der Waals surface area contributed by atoms with Gasteiger partial charge in [0.05, 0.1) is 10.5 Å². The van der Waals surface area contributed by atoms with Gasteiger partial charge < -0.3 is 14.8 Å². The Balaban J connectivity index is 1.56. The third-order valence-corrected chi connectivity index (χ3v) is 6.61. The number of esters is 1. The van der Waals surface area contributed by atoms with E-state index in [2.05, 4.69) is 10.1 Å². The number of halogens is 2. The number of hydrogen-bond donors (Lipinski definition) is 1. The molecule has 0 spiro atoms. The summed E-state index contributed by atoms with van der Waals surface area (Å²) < 4.78 is 60.4. The second-order valence-corrected chi connectivity index (χ2v) is 8.96. The highest BCUT2D eigenvalue weighted by atomic mass is 32.2. The van der Waals surface area contributed by atoms with Gasteiger partial charge in [-0.1, -0.05) is 12.5 Å². The van der Waals surface area contributed by atoms with Crippen molar-refractivity contribution in [2.45, 2.75) is 30.8 Å². The fourth-order valence-corrected chi connectivity index (χ4v) is 4.74. The lowest BCUT2D eigenvalue weighted by atomic mass is 10.2. The van der Waals surface area contributed by atoms with Gasteiger partial charge in [-0.3, -0.25) is 4.79 Å². The first-order valence-corrected chi connectivity index (χ1v) is 11.3. The Hall–Kier alpha value is -3.05. The van der Waals surface area contributed by atoms with E-state index in [1.165, 1.54) is 52.8 Å². The summed E-state index contributed by atoms with van der Waals surface area (Å²) in [6.45, 7) is -2.67. The summed E-state index contributed by atoms with van der Waals surface area (Å²) in [6.07, 6.45) is 2.61. The van der Waals surface area contributed by atoms with Crippen molar-refractivity contribution >= 4 is 27.6 Å². The largest absolute Gasteiger partial charge is 0.452 e. The fraction of sp³-hybridized carbons (Fsp3) is 0.333. The highest BCUT2D eigenvalue weighted by Gasteiger charge is 2.26. The Morgan fingerprint density at radius 3 is 2.38 bits per heavy atom. The molecule has 11 heteroatoms. The van der Waals surface area contributed by atoms with Gasteiger partial charge in [0, 0.05) is 18.8 Å². The third-order valence-electron chi connectivity index (χ3n) is 4.72. The van der Waals surface area contributed by atoms with Gasteiger partial charge >= 0.3 is 12.6 Å². The number of rotatable bonds is 8. The lowest BCUT2D eigenvalue weighted by Gasteiger charge is -2.26. The average Bonchev–Trinajstić information content (AvgIpc) is 2.78. The molecule has 8 nitrogen and oxygen atoms in total. The van der Waals surface area contributed by atoms with Crippen LogP contribution in [-0.4, -0.2) is 50.9 Å². The van der Waals surface area contributed by atoms with Crippen LogP contribution in [0.1, 0.15) is 29.6 Å². The number of benzene rings is 2. The predicted molar refractivity (Wildman–Crippen MR) is 111 cm³/mol. The Labute approximate surface area is 184 Å². The highest BCUT2D eigenvalue weighted by Crippen LogP contribution is 2.23. The Morgan fingerprint density at radius 2 is 1.72 bits per heavy atom. The first-order valence-electron chi connectivity index (χ1n) is 9.88. The number of alkyl halides is 2. The molecule has 1 fully saturated rings. The van der Waals surface area contributed by atoms with Crippen LogP contribution in [0.2, 0.25) is 0 Å². The molecule has 172 valence electrons. The highest BCUT2D eigenvalue weighted by molar-refractivity contribution is 7.89. The van der Waals surface area contributed by atoms with Gasteiger partial charge in [-0.25, -0.2) is 13.2 Å². The number of ether oxygens (including phenoxy) is 2. The molecule has 0 unspecified atom stereocenters. The molecule has 0 saturated carbocycles. The summed E-state index contributed by atoms with van der Waals surface area (Å²) in [4.78, 5) is 24.2. The number of hydrogen-bond acceptors (Lipinski definition) is 6. The number of carbonyl (C=O) groups is 2. The molecule has 0 radical (unpaired) electrons. The van der Waals surface area contributed by atoms with E-state index < -0.39 is 35.1 Å². The summed E-state index contributed by atoms with van der Waals surface area (Å²) in [5.74, 6) is -1.61. The number of amides is 1. The van der Waals surface area contributed by atoms with Gasteiger partial charge in [0.1, 0.15) is 5.75 Å². The molecule has 1 N–H and O–H groups in total. The third kappa shape index (κ3) is 6.24. The van der Waals surface area contributed by atoms with E-state index in [4.69, 9.17) is 4.74 Å². The minimum atomic E-state index is -3.65. The lowest BCUT2D eigenvalue weighted by Crippen LogP contribution is -2.35. The Bertz CT molecular complexity index is 1050. The number of sulfonamides is 1. The van der Waals surface area contributed by atoms with E-state index >= 15 is 0 Å². The molecule has 0 bridgehead atoms. The lowest BCUT2D eigenvalue weighted by molar-refractivity contribution is -0.119. The molecule has 1 amide bonds. The minimum Gasteiger partial charge on any atom is -0.452 e. The van der Waals surface area contributed by atoms with E-state index in [-0.39, 0.29) is 21.9 Å². The van der Waals surface area contributed by atoms with E-state index in [0.29, 0.717) is 13.1 Å². The average molecular weight is 468 g/mol. The molecule has 2 aromatic rings. The van der Waals surface area contributed by atoms with Gasteiger partial charge in [-0.15, -0.1) is 0 Å². The number of anilines is 1. The van der Waals surface area contributed by atoms with Crippen LogP contribution in [0.15, 0.2) is 53.4 Å². The van der Waals surface area contributed by atoms with Crippen LogP contribution in [0.4, 0.5) is 14.5 Å². The maximum Gasteiger partial charge on any atom is 0.387 e. The van der Waals surface area contributed by atoms with Crippen molar-refractivity contribution in [2.24, 2.45) is 0 Å². The maximum atomic E-state index is 12.8. The zero-order valence-electron chi connectivity index (χ0n) is 17.0. The molecule has 0 aliphatic carbocycles. The van der Waals surface area contributed by atoms with Crippen molar-refractivity contribution in [2.75, 3.05) is 25.0 Å². The summed E-state index contributed by atoms with van der Waals surface area (Å²) in [6, 6.07) is 10.7. The van der Waals surface area contributed by atoms with E-state index in [1.54, 1.807) is 0 Å². The summed E-state index contributed by atoms with van der Waals surface area (Å²) >= 11 is 0. The van der Waals surface area contributed by atoms with Crippen LogP contribution >= 0.6 is 0 Å². The fourth-order valence-electron chi connectivity index (χ4n) is 3.17. The minimum absolute atomic E-state index is 0.0500. The van der Waals surface area contributed by atoms with E-state index in [9.17, 15) is 26.8 Å². The second-order valence-electron chi connectivity index (χ2n) is 7.02. The van der Waals surface area contributed by atoms with Crippen molar-refractivity contribution in [3.05, 3.63) is 54.1 Å². The quantitative estimate of drug-likeness (QED) is 0.597. The monoisotopic (exact) mass is 468 g/mol. The smallest absolute Gasteiger partial charge is 0.387 e. The van der Waals surface area contributed by atoms with Gasteiger partial charge in [0.15, 0.2) is 6.61 Å².